The Hall–Kier alpha value is -1.86. The molecule has 3 nitrogen and oxygen atoms in total. The second kappa shape index (κ2) is 5.65. The summed E-state index contributed by atoms with van der Waals surface area (Å²) in [4.78, 5) is 4.20. The molecular formula is C14H12BrN3. The van der Waals surface area contributed by atoms with Gasteiger partial charge in [-0.1, -0.05) is 28.1 Å². The monoisotopic (exact) mass is 301 g/mol. The van der Waals surface area contributed by atoms with Crippen molar-refractivity contribution in [3.8, 4) is 6.07 Å². The molecule has 0 radical (unpaired) electrons. The Morgan fingerprint density at radius 3 is 2.67 bits per heavy atom. The van der Waals surface area contributed by atoms with Gasteiger partial charge in [0.2, 0.25) is 0 Å². The van der Waals surface area contributed by atoms with E-state index in [4.69, 9.17) is 5.26 Å². The molecule has 90 valence electrons. The zero-order chi connectivity index (χ0) is 13.0. The normalized spacial score (nSPS) is 9.83. The van der Waals surface area contributed by atoms with E-state index in [9.17, 15) is 0 Å². The van der Waals surface area contributed by atoms with Gasteiger partial charge in [0.25, 0.3) is 0 Å². The third-order valence-corrected chi connectivity index (χ3v) is 3.17. The summed E-state index contributed by atoms with van der Waals surface area (Å²) in [7, 11) is 0. The summed E-state index contributed by atoms with van der Waals surface area (Å²) in [5.41, 5.74) is 2.69. The van der Waals surface area contributed by atoms with Crippen LogP contribution < -0.4 is 5.32 Å². The summed E-state index contributed by atoms with van der Waals surface area (Å²) in [6.45, 7) is 2.56. The standard InChI is InChI=1S/C14H12BrN3/c1-10-6-7-17-14(13(10)8-16)18-9-11-2-4-12(15)5-3-11/h2-7H,9H2,1H3,(H,17,18). The number of pyridine rings is 1. The van der Waals surface area contributed by atoms with Gasteiger partial charge in [0.05, 0.1) is 5.56 Å². The van der Waals surface area contributed by atoms with Crippen molar-refractivity contribution in [3.63, 3.8) is 0 Å². The van der Waals surface area contributed by atoms with Crippen molar-refractivity contribution in [3.05, 3.63) is 57.7 Å². The van der Waals surface area contributed by atoms with Gasteiger partial charge in [-0.15, -0.1) is 0 Å². The zero-order valence-corrected chi connectivity index (χ0v) is 11.5. The molecule has 0 fully saturated rings. The van der Waals surface area contributed by atoms with E-state index < -0.39 is 0 Å². The molecule has 0 aliphatic rings. The zero-order valence-electron chi connectivity index (χ0n) is 9.94. The van der Waals surface area contributed by atoms with E-state index in [0.717, 1.165) is 15.6 Å². The molecule has 4 heteroatoms. The Bertz CT molecular complexity index is 585. The molecule has 1 heterocycles. The van der Waals surface area contributed by atoms with Crippen LogP contribution >= 0.6 is 15.9 Å². The third kappa shape index (κ3) is 2.88. The van der Waals surface area contributed by atoms with Crippen molar-refractivity contribution in [2.24, 2.45) is 0 Å². The lowest BCUT2D eigenvalue weighted by atomic mass is 10.1. The Kier molecular flexibility index (Phi) is 3.96. The lowest BCUT2D eigenvalue weighted by molar-refractivity contribution is 1.10. The Morgan fingerprint density at radius 1 is 1.28 bits per heavy atom. The summed E-state index contributed by atoms with van der Waals surface area (Å²) < 4.78 is 1.05. The second-order valence-corrected chi connectivity index (χ2v) is 4.86. The number of nitriles is 1. The van der Waals surface area contributed by atoms with Crippen LogP contribution in [-0.2, 0) is 6.54 Å². The molecule has 0 saturated heterocycles. The highest BCUT2D eigenvalue weighted by molar-refractivity contribution is 9.10. The minimum atomic E-state index is 0.606. The number of hydrogen-bond acceptors (Lipinski definition) is 3. The van der Waals surface area contributed by atoms with E-state index in [1.54, 1.807) is 6.20 Å². The average Bonchev–Trinajstić information content (AvgIpc) is 2.38. The summed E-state index contributed by atoms with van der Waals surface area (Å²) in [5, 5.41) is 12.3. The lowest BCUT2D eigenvalue weighted by Crippen LogP contribution is -2.04. The largest absolute Gasteiger partial charge is 0.365 e. The van der Waals surface area contributed by atoms with Crippen molar-refractivity contribution in [2.75, 3.05) is 5.32 Å². The molecule has 0 bridgehead atoms. The minimum absolute atomic E-state index is 0.606. The van der Waals surface area contributed by atoms with Crippen molar-refractivity contribution >= 4 is 21.7 Å². The summed E-state index contributed by atoms with van der Waals surface area (Å²) in [6.07, 6.45) is 1.71. The molecule has 0 aliphatic heterocycles. The molecule has 18 heavy (non-hydrogen) atoms. The number of aryl methyl sites for hydroxylation is 1. The van der Waals surface area contributed by atoms with Gasteiger partial charge >= 0.3 is 0 Å². The van der Waals surface area contributed by atoms with Gasteiger partial charge in [-0.05, 0) is 36.2 Å². The number of hydrogen-bond donors (Lipinski definition) is 1. The second-order valence-electron chi connectivity index (χ2n) is 3.94. The highest BCUT2D eigenvalue weighted by Gasteiger charge is 2.05. The number of anilines is 1. The van der Waals surface area contributed by atoms with Gasteiger partial charge in [-0.2, -0.15) is 5.26 Å². The van der Waals surface area contributed by atoms with Crippen LogP contribution in [-0.4, -0.2) is 4.98 Å². The lowest BCUT2D eigenvalue weighted by Gasteiger charge is -2.08. The van der Waals surface area contributed by atoms with Crippen LogP contribution in [0.25, 0.3) is 0 Å². The molecule has 1 aromatic heterocycles. The fraction of sp³-hybridized carbons (Fsp3) is 0.143. The van der Waals surface area contributed by atoms with E-state index >= 15 is 0 Å². The maximum Gasteiger partial charge on any atom is 0.144 e. The molecule has 1 N–H and O–H groups in total. The number of aromatic nitrogens is 1. The molecule has 2 aromatic rings. The maximum atomic E-state index is 9.10. The highest BCUT2D eigenvalue weighted by Crippen LogP contribution is 2.17. The fourth-order valence-corrected chi connectivity index (χ4v) is 1.89. The predicted octanol–water partition coefficient (Wildman–Crippen LogP) is 3.64. The minimum Gasteiger partial charge on any atom is -0.365 e. The Labute approximate surface area is 115 Å². The van der Waals surface area contributed by atoms with Crippen LogP contribution in [0.15, 0.2) is 41.0 Å². The quantitative estimate of drug-likeness (QED) is 0.941. The summed E-state index contributed by atoms with van der Waals surface area (Å²) in [5.74, 6) is 0.639. The van der Waals surface area contributed by atoms with Crippen LogP contribution in [0.3, 0.4) is 0 Å². The van der Waals surface area contributed by atoms with Gasteiger partial charge in [0.15, 0.2) is 0 Å². The van der Waals surface area contributed by atoms with Crippen molar-refractivity contribution in [1.29, 1.82) is 5.26 Å². The van der Waals surface area contributed by atoms with Crippen LogP contribution in [0.4, 0.5) is 5.82 Å². The average molecular weight is 302 g/mol. The SMILES string of the molecule is Cc1ccnc(NCc2ccc(Br)cc2)c1C#N. The Morgan fingerprint density at radius 2 is 2.00 bits per heavy atom. The third-order valence-electron chi connectivity index (χ3n) is 2.64. The van der Waals surface area contributed by atoms with Crippen LogP contribution in [0, 0.1) is 18.3 Å². The van der Waals surface area contributed by atoms with Crippen LogP contribution in [0.2, 0.25) is 0 Å². The number of benzene rings is 1. The number of nitrogens with one attached hydrogen (secondary N) is 1. The molecule has 0 atom stereocenters. The van der Waals surface area contributed by atoms with E-state index in [2.05, 4.69) is 32.3 Å². The van der Waals surface area contributed by atoms with Gasteiger partial charge in [-0.3, -0.25) is 0 Å². The van der Waals surface area contributed by atoms with E-state index in [0.29, 0.717) is 17.9 Å². The first-order valence-corrected chi connectivity index (χ1v) is 6.34. The van der Waals surface area contributed by atoms with Gasteiger partial charge < -0.3 is 5.32 Å². The Balaban J connectivity index is 2.14. The summed E-state index contributed by atoms with van der Waals surface area (Å²) >= 11 is 3.40. The van der Waals surface area contributed by atoms with Gasteiger partial charge in [0, 0.05) is 17.2 Å². The topological polar surface area (TPSA) is 48.7 Å². The number of nitrogens with zero attached hydrogens (tertiary/aromatic N) is 2. The molecule has 0 spiro atoms. The summed E-state index contributed by atoms with van der Waals surface area (Å²) in [6, 6.07) is 12.1. The van der Waals surface area contributed by atoms with Crippen LogP contribution in [0.1, 0.15) is 16.7 Å². The molecule has 0 amide bonds. The smallest absolute Gasteiger partial charge is 0.144 e. The van der Waals surface area contributed by atoms with E-state index in [-0.39, 0.29) is 0 Å². The maximum absolute atomic E-state index is 9.10. The first kappa shape index (κ1) is 12.6. The van der Waals surface area contributed by atoms with Gasteiger partial charge in [-0.25, -0.2) is 4.98 Å². The van der Waals surface area contributed by atoms with Crippen molar-refractivity contribution in [1.82, 2.24) is 4.98 Å². The predicted molar refractivity (Wildman–Crippen MR) is 75.2 cm³/mol. The van der Waals surface area contributed by atoms with Crippen molar-refractivity contribution in [2.45, 2.75) is 13.5 Å². The highest BCUT2D eigenvalue weighted by atomic mass is 79.9. The molecule has 2 rings (SSSR count). The van der Waals surface area contributed by atoms with E-state index in [1.165, 1.54) is 0 Å². The first-order valence-electron chi connectivity index (χ1n) is 5.54. The first-order chi connectivity index (χ1) is 8.70. The number of rotatable bonds is 3. The number of halogens is 1. The van der Waals surface area contributed by atoms with Crippen molar-refractivity contribution < 1.29 is 0 Å². The molecule has 0 unspecified atom stereocenters. The molecule has 1 aromatic carbocycles. The van der Waals surface area contributed by atoms with Crippen LogP contribution in [0.5, 0.6) is 0 Å². The molecular weight excluding hydrogens is 290 g/mol. The fourth-order valence-electron chi connectivity index (χ4n) is 1.62. The van der Waals surface area contributed by atoms with Gasteiger partial charge in [0.1, 0.15) is 11.9 Å². The molecule has 0 aliphatic carbocycles. The molecule has 0 saturated carbocycles. The van der Waals surface area contributed by atoms with E-state index in [1.807, 2.05) is 37.3 Å².